The van der Waals surface area contributed by atoms with E-state index < -0.39 is 0 Å². The Bertz CT molecular complexity index is 488. The van der Waals surface area contributed by atoms with E-state index in [2.05, 4.69) is 0 Å². The zero-order valence-corrected chi connectivity index (χ0v) is 12.0. The molecule has 0 spiro atoms. The van der Waals surface area contributed by atoms with Gasteiger partial charge in [0.2, 0.25) is 0 Å². The van der Waals surface area contributed by atoms with E-state index >= 15 is 0 Å². The van der Waals surface area contributed by atoms with Gasteiger partial charge < -0.3 is 0 Å². The summed E-state index contributed by atoms with van der Waals surface area (Å²) in [6.45, 7) is 1.50. The molecule has 0 N–H and O–H groups in total. The predicted octanol–water partition coefficient (Wildman–Crippen LogP) is 4.23. The van der Waals surface area contributed by atoms with E-state index in [1.54, 1.807) is 12.1 Å². The number of rotatable bonds is 5. The molecule has 0 aliphatic heterocycles. The minimum atomic E-state index is -0.0291. The third kappa shape index (κ3) is 3.66. The molecule has 19 heavy (non-hydrogen) atoms. The second kappa shape index (κ2) is 6.33. The van der Waals surface area contributed by atoms with Crippen LogP contribution < -0.4 is 0 Å². The smallest absolute Gasteiger partial charge is 0.161 e. The van der Waals surface area contributed by atoms with Gasteiger partial charge >= 0.3 is 0 Å². The van der Waals surface area contributed by atoms with E-state index in [9.17, 15) is 9.59 Å². The molecule has 0 heterocycles. The van der Waals surface area contributed by atoms with Gasteiger partial charge in [-0.25, -0.2) is 0 Å². The lowest BCUT2D eigenvalue weighted by molar-refractivity contribution is -0.122. The van der Waals surface area contributed by atoms with Crippen LogP contribution >= 0.6 is 11.6 Å². The lowest BCUT2D eigenvalue weighted by Gasteiger charge is -2.08. The van der Waals surface area contributed by atoms with Crippen molar-refractivity contribution in [2.45, 2.75) is 45.4 Å². The van der Waals surface area contributed by atoms with Crippen molar-refractivity contribution in [1.29, 1.82) is 0 Å². The summed E-state index contributed by atoms with van der Waals surface area (Å²) in [5.41, 5.74) is 1.58. The van der Waals surface area contributed by atoms with Crippen molar-refractivity contribution in [3.05, 3.63) is 34.3 Å². The maximum absolute atomic E-state index is 12.0. The Labute approximate surface area is 119 Å². The number of hydrogen-bond acceptors (Lipinski definition) is 2. The molecule has 1 aliphatic rings. The molecule has 0 unspecified atom stereocenters. The highest BCUT2D eigenvalue weighted by molar-refractivity contribution is 6.33. The molecule has 1 saturated carbocycles. The molecular formula is C16H19ClO2. The van der Waals surface area contributed by atoms with Crippen LogP contribution in [-0.2, 0) is 11.2 Å². The van der Waals surface area contributed by atoms with Crippen molar-refractivity contribution < 1.29 is 9.59 Å². The van der Waals surface area contributed by atoms with E-state index in [0.29, 0.717) is 29.2 Å². The minimum absolute atomic E-state index is 0.0291. The lowest BCUT2D eigenvalue weighted by atomic mass is 9.96. The molecule has 1 aromatic rings. The molecule has 2 rings (SSSR count). The van der Waals surface area contributed by atoms with Crippen molar-refractivity contribution in [1.82, 2.24) is 0 Å². The van der Waals surface area contributed by atoms with E-state index in [0.717, 1.165) is 18.4 Å². The van der Waals surface area contributed by atoms with Gasteiger partial charge in [0.15, 0.2) is 5.78 Å². The average Bonchev–Trinajstić information content (AvgIpc) is 2.89. The van der Waals surface area contributed by atoms with Crippen molar-refractivity contribution in [3.63, 3.8) is 0 Å². The minimum Gasteiger partial charge on any atom is -0.299 e. The highest BCUT2D eigenvalue weighted by Crippen LogP contribution is 2.27. The van der Waals surface area contributed by atoms with Gasteiger partial charge in [-0.15, -0.1) is 0 Å². The van der Waals surface area contributed by atoms with Gasteiger partial charge in [-0.3, -0.25) is 9.59 Å². The Morgan fingerprint density at radius 3 is 2.53 bits per heavy atom. The molecule has 2 nitrogen and oxygen atoms in total. The molecule has 3 heteroatoms. The third-order valence-corrected chi connectivity index (χ3v) is 4.20. The number of ketones is 2. The van der Waals surface area contributed by atoms with Gasteiger partial charge in [-0.1, -0.05) is 30.5 Å². The quantitative estimate of drug-likeness (QED) is 0.755. The molecule has 0 saturated heterocycles. The van der Waals surface area contributed by atoms with Crippen LogP contribution in [0.2, 0.25) is 5.02 Å². The SMILES string of the molecule is CC(=O)c1ccc(CCC(=O)C2CCCC2)cc1Cl. The molecular weight excluding hydrogens is 260 g/mol. The summed E-state index contributed by atoms with van der Waals surface area (Å²) in [5, 5.41) is 0.485. The second-order valence-corrected chi connectivity index (χ2v) is 5.73. The first-order valence-electron chi connectivity index (χ1n) is 6.90. The first kappa shape index (κ1) is 14.3. The van der Waals surface area contributed by atoms with Gasteiger partial charge in [0, 0.05) is 17.9 Å². The molecule has 1 aliphatic carbocycles. The van der Waals surface area contributed by atoms with Crippen LogP contribution in [0.3, 0.4) is 0 Å². The number of Topliss-reactive ketones (excluding diaryl/α,β-unsaturated/α-hetero) is 2. The topological polar surface area (TPSA) is 34.1 Å². The van der Waals surface area contributed by atoms with Crippen LogP contribution in [0.25, 0.3) is 0 Å². The molecule has 0 radical (unpaired) electrons. The number of benzene rings is 1. The number of hydrogen-bond donors (Lipinski definition) is 0. The van der Waals surface area contributed by atoms with Gasteiger partial charge in [0.05, 0.1) is 5.02 Å². The molecule has 1 fully saturated rings. The summed E-state index contributed by atoms with van der Waals surface area (Å²) < 4.78 is 0. The first-order chi connectivity index (χ1) is 9.08. The fraction of sp³-hybridized carbons (Fsp3) is 0.500. The highest BCUT2D eigenvalue weighted by Gasteiger charge is 2.22. The highest BCUT2D eigenvalue weighted by atomic mass is 35.5. The standard InChI is InChI=1S/C16H19ClO2/c1-11(18)14-8-6-12(10-15(14)17)7-9-16(19)13-4-2-3-5-13/h6,8,10,13H,2-5,7,9H2,1H3. The fourth-order valence-corrected chi connectivity index (χ4v) is 3.06. The second-order valence-electron chi connectivity index (χ2n) is 5.32. The van der Waals surface area contributed by atoms with Gasteiger partial charge in [-0.05, 0) is 43.9 Å². The maximum Gasteiger partial charge on any atom is 0.161 e. The molecule has 0 aromatic heterocycles. The summed E-state index contributed by atoms with van der Waals surface area (Å²) in [6.07, 6.45) is 5.80. The predicted molar refractivity (Wildman–Crippen MR) is 76.7 cm³/mol. The molecule has 0 atom stereocenters. The van der Waals surface area contributed by atoms with E-state index in [1.165, 1.54) is 19.8 Å². The van der Waals surface area contributed by atoms with Crippen LogP contribution in [-0.4, -0.2) is 11.6 Å². The van der Waals surface area contributed by atoms with Gasteiger partial charge in [0.25, 0.3) is 0 Å². The summed E-state index contributed by atoms with van der Waals surface area (Å²) >= 11 is 6.06. The number of aryl methyl sites for hydroxylation is 1. The normalized spacial score (nSPS) is 15.7. The number of carbonyl (C=O) groups excluding carboxylic acids is 2. The summed E-state index contributed by atoms with van der Waals surface area (Å²) in [7, 11) is 0. The van der Waals surface area contributed by atoms with Crippen LogP contribution in [0.1, 0.15) is 54.9 Å². The maximum atomic E-state index is 12.0. The monoisotopic (exact) mass is 278 g/mol. The number of halogens is 1. The molecule has 102 valence electrons. The van der Waals surface area contributed by atoms with Crippen molar-refractivity contribution in [2.24, 2.45) is 5.92 Å². The summed E-state index contributed by atoms with van der Waals surface area (Å²) in [6, 6.07) is 5.45. The molecule has 1 aromatic carbocycles. The van der Waals surface area contributed by atoms with Gasteiger partial charge in [-0.2, -0.15) is 0 Å². The van der Waals surface area contributed by atoms with Crippen LogP contribution in [0, 0.1) is 5.92 Å². The largest absolute Gasteiger partial charge is 0.299 e. The van der Waals surface area contributed by atoms with Crippen molar-refractivity contribution in [2.75, 3.05) is 0 Å². The Kier molecular flexibility index (Phi) is 4.76. The molecule has 0 amide bonds. The molecule has 0 bridgehead atoms. The Morgan fingerprint density at radius 2 is 1.95 bits per heavy atom. The van der Waals surface area contributed by atoms with Gasteiger partial charge in [0.1, 0.15) is 5.78 Å². The van der Waals surface area contributed by atoms with E-state index in [1.807, 2.05) is 6.07 Å². The van der Waals surface area contributed by atoms with Crippen LogP contribution in [0.5, 0.6) is 0 Å². The number of carbonyl (C=O) groups is 2. The fourth-order valence-electron chi connectivity index (χ4n) is 2.72. The van der Waals surface area contributed by atoms with Crippen molar-refractivity contribution in [3.8, 4) is 0 Å². The average molecular weight is 279 g/mol. The van der Waals surface area contributed by atoms with Crippen LogP contribution in [0.4, 0.5) is 0 Å². The zero-order valence-electron chi connectivity index (χ0n) is 11.2. The Balaban J connectivity index is 1.94. The van der Waals surface area contributed by atoms with E-state index in [-0.39, 0.29) is 11.7 Å². The lowest BCUT2D eigenvalue weighted by Crippen LogP contribution is -2.11. The van der Waals surface area contributed by atoms with Crippen molar-refractivity contribution >= 4 is 23.2 Å². The first-order valence-corrected chi connectivity index (χ1v) is 7.28. The third-order valence-electron chi connectivity index (χ3n) is 3.88. The Morgan fingerprint density at radius 1 is 1.26 bits per heavy atom. The van der Waals surface area contributed by atoms with Crippen LogP contribution in [0.15, 0.2) is 18.2 Å². The Hall–Kier alpha value is -1.15. The zero-order chi connectivity index (χ0) is 13.8. The summed E-state index contributed by atoms with van der Waals surface area (Å²) in [4.78, 5) is 23.3. The summed E-state index contributed by atoms with van der Waals surface area (Å²) in [5.74, 6) is 0.634. The van der Waals surface area contributed by atoms with E-state index in [4.69, 9.17) is 11.6 Å².